The summed E-state index contributed by atoms with van der Waals surface area (Å²) >= 11 is 0. The third-order valence-electron chi connectivity index (χ3n) is 5.44. The largest absolute Gasteiger partial charge is 0.481 e. The number of carbonyl (C=O) groups is 2. The molecule has 1 amide bonds. The molecule has 2 N–H and O–H groups in total. The van der Waals surface area contributed by atoms with Crippen molar-refractivity contribution < 1.29 is 19.6 Å². The second kappa shape index (κ2) is 7.59. The molecule has 0 aromatic heterocycles. The number of nitrogens with one attached hydrogen (secondary N) is 1. The summed E-state index contributed by atoms with van der Waals surface area (Å²) in [5, 5.41) is 23.2. The molecule has 1 aliphatic carbocycles. The molecule has 0 radical (unpaired) electrons. The van der Waals surface area contributed by atoms with Crippen LogP contribution in [0.4, 0.5) is 11.4 Å². The number of halogens is 1. The number of rotatable bonds is 5. The molecule has 0 unspecified atom stereocenters. The second-order valence-corrected chi connectivity index (χ2v) is 7.02. The molecule has 1 aliphatic heterocycles. The van der Waals surface area contributed by atoms with Crippen molar-refractivity contribution in [3.63, 3.8) is 0 Å². The zero-order chi connectivity index (χ0) is 18.2. The van der Waals surface area contributed by atoms with Gasteiger partial charge in [-0.1, -0.05) is 12.5 Å². The molecule has 8 nitrogen and oxygen atoms in total. The molecule has 1 saturated heterocycles. The zero-order valence-electron chi connectivity index (χ0n) is 14.4. The number of anilines is 1. The fourth-order valence-electron chi connectivity index (χ4n) is 4.11. The minimum atomic E-state index is -0.771. The number of nitro groups is 1. The number of carbonyl (C=O) groups excluding carboxylic acids is 1. The highest BCUT2D eigenvalue weighted by Gasteiger charge is 2.54. The maximum Gasteiger partial charge on any atom is 0.311 e. The number of nitrogens with zero attached hydrogens (tertiary/aromatic N) is 2. The summed E-state index contributed by atoms with van der Waals surface area (Å²) in [5.41, 5.74) is 0.342. The predicted molar refractivity (Wildman–Crippen MR) is 97.6 cm³/mol. The van der Waals surface area contributed by atoms with Gasteiger partial charge in [-0.15, -0.1) is 12.4 Å². The van der Waals surface area contributed by atoms with E-state index in [0.717, 1.165) is 18.4 Å². The average molecular weight is 384 g/mol. The average Bonchev–Trinajstić information content (AvgIpc) is 3.06. The molecular weight excluding hydrogens is 362 g/mol. The first-order valence-corrected chi connectivity index (χ1v) is 8.32. The van der Waals surface area contributed by atoms with E-state index in [1.54, 1.807) is 13.0 Å². The number of hydrogen-bond acceptors (Lipinski definition) is 5. The van der Waals surface area contributed by atoms with Crippen molar-refractivity contribution in [1.29, 1.82) is 0 Å². The zero-order valence-corrected chi connectivity index (χ0v) is 15.3. The summed E-state index contributed by atoms with van der Waals surface area (Å²) in [6.45, 7) is 2.84. The molecule has 142 valence electrons. The number of carboxylic acid groups (broad SMARTS) is 1. The Balaban J connectivity index is 0.00000243. The summed E-state index contributed by atoms with van der Waals surface area (Å²) in [5.74, 6) is -0.964. The molecule has 9 heteroatoms. The number of carboxylic acids is 1. The third-order valence-corrected chi connectivity index (χ3v) is 5.44. The fourth-order valence-corrected chi connectivity index (χ4v) is 4.11. The maximum atomic E-state index is 12.3. The number of nitro benzene ring substituents is 1. The van der Waals surface area contributed by atoms with E-state index in [4.69, 9.17) is 0 Å². The predicted octanol–water partition coefficient (Wildman–Crippen LogP) is 2.45. The molecule has 0 spiro atoms. The lowest BCUT2D eigenvalue weighted by molar-refractivity contribution is -0.384. The van der Waals surface area contributed by atoms with E-state index in [0.29, 0.717) is 25.2 Å². The van der Waals surface area contributed by atoms with Crippen LogP contribution in [0.5, 0.6) is 0 Å². The van der Waals surface area contributed by atoms with Crippen LogP contribution in [0.3, 0.4) is 0 Å². The van der Waals surface area contributed by atoms with Gasteiger partial charge in [0.05, 0.1) is 22.6 Å². The Morgan fingerprint density at radius 1 is 1.46 bits per heavy atom. The van der Waals surface area contributed by atoms with Gasteiger partial charge in [-0.25, -0.2) is 0 Å². The van der Waals surface area contributed by atoms with Crippen molar-refractivity contribution in [2.45, 2.75) is 26.2 Å². The van der Waals surface area contributed by atoms with Gasteiger partial charge in [0.25, 0.3) is 5.69 Å². The van der Waals surface area contributed by atoms with Gasteiger partial charge >= 0.3 is 5.97 Å². The van der Waals surface area contributed by atoms with E-state index in [-0.39, 0.29) is 36.5 Å². The lowest BCUT2D eigenvalue weighted by Gasteiger charge is -2.23. The summed E-state index contributed by atoms with van der Waals surface area (Å²) in [6.07, 6.45) is 2.47. The maximum absolute atomic E-state index is 12.3. The molecule has 26 heavy (non-hydrogen) atoms. The van der Waals surface area contributed by atoms with E-state index < -0.39 is 16.3 Å². The molecule has 2 atom stereocenters. The van der Waals surface area contributed by atoms with Crippen LogP contribution in [0.1, 0.15) is 24.8 Å². The Hall–Kier alpha value is -2.19. The first kappa shape index (κ1) is 20.1. The number of aliphatic carboxylic acids is 1. The molecule has 1 saturated carbocycles. The Morgan fingerprint density at radius 3 is 2.81 bits per heavy atom. The van der Waals surface area contributed by atoms with Crippen LogP contribution in [-0.2, 0) is 9.59 Å². The van der Waals surface area contributed by atoms with Crippen molar-refractivity contribution in [2.24, 2.45) is 11.3 Å². The van der Waals surface area contributed by atoms with Gasteiger partial charge in [0.15, 0.2) is 0 Å². The number of non-ortho nitro benzene ring substituents is 1. The molecular formula is C17H22ClN3O5. The Kier molecular flexibility index (Phi) is 5.87. The number of benzene rings is 1. The van der Waals surface area contributed by atoms with Crippen LogP contribution < -0.4 is 5.32 Å². The number of aryl methyl sites for hydroxylation is 1. The molecule has 2 aliphatic rings. The molecule has 1 heterocycles. The van der Waals surface area contributed by atoms with E-state index in [9.17, 15) is 24.8 Å². The van der Waals surface area contributed by atoms with Crippen molar-refractivity contribution in [3.8, 4) is 0 Å². The normalized spacial score (nSPS) is 24.6. The highest BCUT2D eigenvalue weighted by molar-refractivity contribution is 5.93. The first-order valence-electron chi connectivity index (χ1n) is 8.32. The quantitative estimate of drug-likeness (QED) is 0.596. The van der Waals surface area contributed by atoms with Crippen molar-refractivity contribution in [2.75, 3.05) is 25.0 Å². The smallest absolute Gasteiger partial charge is 0.311 e. The highest BCUT2D eigenvalue weighted by Crippen LogP contribution is 2.48. The standard InChI is InChI=1S/C17H21N3O5.ClH/c1-11-4-5-13(20(24)25)7-14(11)18-15(21)9-19-8-12-3-2-6-17(12,10-19)16(22)23;/h4-5,7,12H,2-3,6,8-10H2,1H3,(H,18,21)(H,22,23);1H/t12-,17+;/m0./s1. The molecule has 0 bridgehead atoms. The number of likely N-dealkylation sites (tertiary alicyclic amines) is 1. The van der Waals surface area contributed by atoms with E-state index in [2.05, 4.69) is 5.32 Å². The van der Waals surface area contributed by atoms with Crippen molar-refractivity contribution in [1.82, 2.24) is 4.90 Å². The molecule has 3 rings (SSSR count). The van der Waals surface area contributed by atoms with Crippen molar-refractivity contribution >= 4 is 35.7 Å². The van der Waals surface area contributed by atoms with Gasteiger partial charge in [0.2, 0.25) is 5.91 Å². The van der Waals surface area contributed by atoms with Crippen LogP contribution >= 0.6 is 12.4 Å². The van der Waals surface area contributed by atoms with Crippen LogP contribution in [0.25, 0.3) is 0 Å². The summed E-state index contributed by atoms with van der Waals surface area (Å²) in [7, 11) is 0. The highest BCUT2D eigenvalue weighted by atomic mass is 35.5. The SMILES string of the molecule is Cc1ccc([N+](=O)[O-])cc1NC(=O)CN1C[C@@H]2CCC[C@@]2(C(=O)O)C1.Cl. The van der Waals surface area contributed by atoms with Gasteiger partial charge in [-0.2, -0.15) is 0 Å². The Bertz CT molecular complexity index is 741. The van der Waals surface area contributed by atoms with Gasteiger partial charge in [0, 0.05) is 25.2 Å². The van der Waals surface area contributed by atoms with Gasteiger partial charge in [-0.3, -0.25) is 24.6 Å². The second-order valence-electron chi connectivity index (χ2n) is 7.02. The number of amides is 1. The Labute approximate surface area is 157 Å². The van der Waals surface area contributed by atoms with Crippen LogP contribution in [0, 0.1) is 28.4 Å². The van der Waals surface area contributed by atoms with Crippen LogP contribution in [0.15, 0.2) is 18.2 Å². The fraction of sp³-hybridized carbons (Fsp3) is 0.529. The third kappa shape index (κ3) is 3.66. The molecule has 2 fully saturated rings. The first-order chi connectivity index (χ1) is 11.8. The molecule has 1 aromatic rings. The van der Waals surface area contributed by atoms with E-state index >= 15 is 0 Å². The minimum Gasteiger partial charge on any atom is -0.481 e. The molecule has 1 aromatic carbocycles. The Morgan fingerprint density at radius 2 is 2.19 bits per heavy atom. The summed E-state index contributed by atoms with van der Waals surface area (Å²) < 4.78 is 0. The summed E-state index contributed by atoms with van der Waals surface area (Å²) in [4.78, 5) is 36.2. The van der Waals surface area contributed by atoms with Crippen LogP contribution in [0.2, 0.25) is 0 Å². The number of hydrogen-bond donors (Lipinski definition) is 2. The monoisotopic (exact) mass is 383 g/mol. The van der Waals surface area contributed by atoms with Crippen LogP contribution in [-0.4, -0.2) is 46.4 Å². The number of fused-ring (bicyclic) bond motifs is 1. The van der Waals surface area contributed by atoms with Gasteiger partial charge in [-0.05, 0) is 31.2 Å². The minimum absolute atomic E-state index is 0. The van der Waals surface area contributed by atoms with Gasteiger partial charge < -0.3 is 10.4 Å². The van der Waals surface area contributed by atoms with Crippen molar-refractivity contribution in [3.05, 3.63) is 33.9 Å². The lowest BCUT2D eigenvalue weighted by atomic mass is 9.81. The van der Waals surface area contributed by atoms with E-state index in [1.807, 2.05) is 4.90 Å². The lowest BCUT2D eigenvalue weighted by Crippen LogP contribution is -2.37. The van der Waals surface area contributed by atoms with Gasteiger partial charge in [0.1, 0.15) is 0 Å². The van der Waals surface area contributed by atoms with E-state index in [1.165, 1.54) is 12.1 Å². The summed E-state index contributed by atoms with van der Waals surface area (Å²) in [6, 6.07) is 4.32. The topological polar surface area (TPSA) is 113 Å².